The first-order chi connectivity index (χ1) is 5.50. The molecule has 0 fully saturated rings. The second kappa shape index (κ2) is 4.54. The summed E-state index contributed by atoms with van der Waals surface area (Å²) in [5, 5.41) is 8.50. The van der Waals surface area contributed by atoms with Crippen molar-refractivity contribution in [3.8, 4) is 0 Å². The van der Waals surface area contributed by atoms with Crippen LogP contribution < -0.4 is 0 Å². The Morgan fingerprint density at radius 1 is 1.25 bits per heavy atom. The van der Waals surface area contributed by atoms with E-state index in [1.54, 1.807) is 6.92 Å². The van der Waals surface area contributed by atoms with Gasteiger partial charge in [-0.05, 0) is 20.8 Å². The van der Waals surface area contributed by atoms with E-state index in [1.165, 1.54) is 13.8 Å². The van der Waals surface area contributed by atoms with Crippen molar-refractivity contribution in [2.45, 2.75) is 20.8 Å². The zero-order valence-corrected chi connectivity index (χ0v) is 7.38. The molecule has 4 heteroatoms. The largest absolute Gasteiger partial charge is 0.478 e. The molecule has 0 aliphatic rings. The van der Waals surface area contributed by atoms with Crippen LogP contribution in [0.3, 0.4) is 0 Å². The first kappa shape index (κ1) is 10.7. The van der Waals surface area contributed by atoms with Crippen molar-refractivity contribution in [3.05, 3.63) is 11.1 Å². The number of carboxylic acid groups (broad SMARTS) is 1. The summed E-state index contributed by atoms with van der Waals surface area (Å²) >= 11 is 0. The second-order valence-electron chi connectivity index (χ2n) is 2.28. The summed E-state index contributed by atoms with van der Waals surface area (Å²) in [5.41, 5.74) is 0.165. The lowest BCUT2D eigenvalue weighted by Gasteiger charge is -2.02. The highest BCUT2D eigenvalue weighted by Crippen LogP contribution is 2.05. The molecule has 0 unspecified atom stereocenters. The number of ether oxygens (including phenoxy) is 1. The highest BCUT2D eigenvalue weighted by atomic mass is 16.5. The van der Waals surface area contributed by atoms with Gasteiger partial charge in [-0.2, -0.15) is 0 Å². The van der Waals surface area contributed by atoms with Crippen LogP contribution in [-0.2, 0) is 14.3 Å². The summed E-state index contributed by atoms with van der Waals surface area (Å²) in [6.45, 7) is 4.72. The van der Waals surface area contributed by atoms with Gasteiger partial charge in [-0.1, -0.05) is 0 Å². The molecule has 0 radical (unpaired) electrons. The van der Waals surface area contributed by atoms with Crippen LogP contribution in [0.1, 0.15) is 20.8 Å². The number of rotatable bonds is 3. The molecule has 68 valence electrons. The Hall–Kier alpha value is -1.32. The number of carboxylic acids is 1. The molecule has 0 atom stereocenters. The third-order valence-corrected chi connectivity index (χ3v) is 1.46. The van der Waals surface area contributed by atoms with Crippen LogP contribution in [0.4, 0.5) is 0 Å². The predicted octanol–water partition coefficient (Wildman–Crippen LogP) is 0.970. The van der Waals surface area contributed by atoms with Crippen molar-refractivity contribution in [1.82, 2.24) is 0 Å². The third-order valence-electron chi connectivity index (χ3n) is 1.46. The minimum absolute atomic E-state index is 0.0217. The van der Waals surface area contributed by atoms with Gasteiger partial charge in [-0.15, -0.1) is 0 Å². The standard InChI is InChI=1S/C8H12O4/c1-4-12-8(11)6(3)5(2)7(9)10/h4H2,1-3H3,(H,9,10)/b6-5+. The van der Waals surface area contributed by atoms with Gasteiger partial charge in [0.25, 0.3) is 0 Å². The molecule has 0 heterocycles. The van der Waals surface area contributed by atoms with Crippen LogP contribution >= 0.6 is 0 Å². The van der Waals surface area contributed by atoms with E-state index >= 15 is 0 Å². The average molecular weight is 172 g/mol. The molecule has 0 amide bonds. The molecule has 12 heavy (non-hydrogen) atoms. The molecule has 0 aliphatic heterocycles. The molecule has 0 spiro atoms. The van der Waals surface area contributed by atoms with Crippen LogP contribution in [0.25, 0.3) is 0 Å². The van der Waals surface area contributed by atoms with Crippen LogP contribution in [-0.4, -0.2) is 23.7 Å². The van der Waals surface area contributed by atoms with E-state index in [4.69, 9.17) is 5.11 Å². The fourth-order valence-electron chi connectivity index (χ4n) is 0.553. The van der Waals surface area contributed by atoms with Crippen molar-refractivity contribution in [1.29, 1.82) is 0 Å². The summed E-state index contributed by atoms with van der Waals surface area (Å²) in [5.74, 6) is -1.67. The molecule has 0 bridgehead atoms. The quantitative estimate of drug-likeness (QED) is 0.509. The van der Waals surface area contributed by atoms with Crippen molar-refractivity contribution >= 4 is 11.9 Å². The van der Waals surface area contributed by atoms with Gasteiger partial charge in [-0.25, -0.2) is 9.59 Å². The van der Waals surface area contributed by atoms with Crippen LogP contribution in [0.2, 0.25) is 0 Å². The second-order valence-corrected chi connectivity index (χ2v) is 2.28. The Labute approximate surface area is 70.8 Å². The highest BCUT2D eigenvalue weighted by Gasteiger charge is 2.12. The van der Waals surface area contributed by atoms with E-state index in [-0.39, 0.29) is 17.8 Å². The van der Waals surface area contributed by atoms with E-state index < -0.39 is 11.9 Å². The molecule has 4 nitrogen and oxygen atoms in total. The average Bonchev–Trinajstić information content (AvgIpc) is 2.02. The summed E-state index contributed by atoms with van der Waals surface area (Å²) in [6, 6.07) is 0. The van der Waals surface area contributed by atoms with Gasteiger partial charge in [0, 0.05) is 11.1 Å². The Kier molecular flexibility index (Phi) is 4.04. The predicted molar refractivity (Wildman–Crippen MR) is 42.6 cm³/mol. The van der Waals surface area contributed by atoms with Gasteiger partial charge in [0.1, 0.15) is 0 Å². The Morgan fingerprint density at radius 3 is 2.08 bits per heavy atom. The Balaban J connectivity index is 4.55. The van der Waals surface area contributed by atoms with E-state index in [0.717, 1.165) is 0 Å². The van der Waals surface area contributed by atoms with E-state index in [2.05, 4.69) is 4.74 Å². The highest BCUT2D eigenvalue weighted by molar-refractivity contribution is 5.98. The molecular weight excluding hydrogens is 160 g/mol. The molecule has 0 aliphatic carbocycles. The number of hydrogen-bond acceptors (Lipinski definition) is 3. The number of esters is 1. The van der Waals surface area contributed by atoms with Gasteiger partial charge < -0.3 is 9.84 Å². The summed E-state index contributed by atoms with van der Waals surface area (Å²) in [4.78, 5) is 21.3. The SMILES string of the molecule is CCOC(=O)/C(C)=C(\C)C(=O)O. The Bertz CT molecular complexity index is 227. The lowest BCUT2D eigenvalue weighted by Crippen LogP contribution is -2.10. The van der Waals surface area contributed by atoms with Gasteiger partial charge in [0.05, 0.1) is 6.61 Å². The van der Waals surface area contributed by atoms with Gasteiger partial charge in [0.2, 0.25) is 0 Å². The fourth-order valence-corrected chi connectivity index (χ4v) is 0.553. The van der Waals surface area contributed by atoms with Gasteiger partial charge in [-0.3, -0.25) is 0 Å². The first-order valence-electron chi connectivity index (χ1n) is 3.58. The van der Waals surface area contributed by atoms with E-state index in [1.807, 2.05) is 0 Å². The number of carbonyl (C=O) groups excluding carboxylic acids is 1. The number of aliphatic carboxylic acids is 1. The normalized spacial score (nSPS) is 11.9. The van der Waals surface area contributed by atoms with Crippen LogP contribution in [0.15, 0.2) is 11.1 Å². The topological polar surface area (TPSA) is 63.6 Å². The smallest absolute Gasteiger partial charge is 0.334 e. The maximum absolute atomic E-state index is 10.9. The van der Waals surface area contributed by atoms with Crippen molar-refractivity contribution in [2.24, 2.45) is 0 Å². The maximum atomic E-state index is 10.9. The van der Waals surface area contributed by atoms with Gasteiger partial charge >= 0.3 is 11.9 Å². The molecule has 0 aromatic heterocycles. The van der Waals surface area contributed by atoms with Crippen molar-refractivity contribution in [2.75, 3.05) is 6.61 Å². The van der Waals surface area contributed by atoms with E-state index in [9.17, 15) is 9.59 Å². The Morgan fingerprint density at radius 2 is 1.75 bits per heavy atom. The fraction of sp³-hybridized carbons (Fsp3) is 0.500. The lowest BCUT2D eigenvalue weighted by molar-refractivity contribution is -0.139. The number of carbonyl (C=O) groups is 2. The molecule has 0 saturated heterocycles. The summed E-state index contributed by atoms with van der Waals surface area (Å²) < 4.78 is 4.61. The maximum Gasteiger partial charge on any atom is 0.334 e. The van der Waals surface area contributed by atoms with E-state index in [0.29, 0.717) is 0 Å². The first-order valence-corrected chi connectivity index (χ1v) is 3.58. The lowest BCUT2D eigenvalue weighted by atomic mass is 10.1. The molecule has 0 aromatic rings. The molecular formula is C8H12O4. The van der Waals surface area contributed by atoms with Crippen molar-refractivity contribution in [3.63, 3.8) is 0 Å². The third kappa shape index (κ3) is 2.74. The molecule has 1 N–H and O–H groups in total. The summed E-state index contributed by atoms with van der Waals surface area (Å²) in [6.07, 6.45) is 0. The van der Waals surface area contributed by atoms with Crippen LogP contribution in [0, 0.1) is 0 Å². The van der Waals surface area contributed by atoms with Crippen LogP contribution in [0.5, 0.6) is 0 Å². The molecule has 0 saturated carbocycles. The zero-order valence-electron chi connectivity index (χ0n) is 7.38. The minimum atomic E-state index is -1.10. The zero-order chi connectivity index (χ0) is 9.72. The van der Waals surface area contributed by atoms with Gasteiger partial charge in [0.15, 0.2) is 0 Å². The minimum Gasteiger partial charge on any atom is -0.478 e. The van der Waals surface area contributed by atoms with Crippen molar-refractivity contribution < 1.29 is 19.4 Å². The monoisotopic (exact) mass is 172 g/mol. The summed E-state index contributed by atoms with van der Waals surface area (Å²) in [7, 11) is 0. The molecule has 0 aromatic carbocycles. The molecule has 0 rings (SSSR count). The number of hydrogen-bond donors (Lipinski definition) is 1.